The van der Waals surface area contributed by atoms with Gasteiger partial charge in [-0.1, -0.05) is 0 Å². The first-order valence-electron chi connectivity index (χ1n) is 7.37. The minimum atomic E-state index is -3.69. The number of aryl methyl sites for hydroxylation is 1. The summed E-state index contributed by atoms with van der Waals surface area (Å²) in [4.78, 5) is 12.2. The molecule has 130 valence electrons. The first kappa shape index (κ1) is 18.7. The van der Waals surface area contributed by atoms with Crippen molar-refractivity contribution in [3.8, 4) is 0 Å². The van der Waals surface area contributed by atoms with Crippen molar-refractivity contribution >= 4 is 39.7 Å². The molecule has 2 fully saturated rings. The zero-order valence-corrected chi connectivity index (χ0v) is 15.5. The van der Waals surface area contributed by atoms with Gasteiger partial charge in [0, 0.05) is 18.6 Å². The van der Waals surface area contributed by atoms with Gasteiger partial charge in [-0.3, -0.25) is 0 Å². The molecule has 1 aromatic heterocycles. The van der Waals surface area contributed by atoms with Gasteiger partial charge in [0.15, 0.2) is 0 Å². The van der Waals surface area contributed by atoms with Crippen LogP contribution in [0.3, 0.4) is 0 Å². The van der Waals surface area contributed by atoms with Crippen molar-refractivity contribution in [3.63, 3.8) is 0 Å². The molecule has 23 heavy (non-hydrogen) atoms. The molecule has 1 aliphatic carbocycles. The molecule has 1 unspecified atom stereocenters. The Morgan fingerprint density at radius 1 is 1.35 bits per heavy atom. The van der Waals surface area contributed by atoms with Crippen LogP contribution in [0.4, 0.5) is 0 Å². The third kappa shape index (κ3) is 3.41. The fourth-order valence-corrected chi connectivity index (χ4v) is 6.53. The summed E-state index contributed by atoms with van der Waals surface area (Å²) in [6, 6.07) is 0.0435. The SMILES string of the molecule is COC(=O)c1scc(C)c1S(=O)(=O)N(C1CC1)C1CCNC1.Cl. The van der Waals surface area contributed by atoms with Crippen LogP contribution in [0, 0.1) is 6.92 Å². The number of hydrogen-bond acceptors (Lipinski definition) is 6. The molecule has 0 amide bonds. The molecular formula is C14H21ClN2O4S2. The number of esters is 1. The number of rotatable bonds is 5. The molecule has 2 aliphatic rings. The van der Waals surface area contributed by atoms with E-state index in [9.17, 15) is 13.2 Å². The predicted molar refractivity (Wildman–Crippen MR) is 91.0 cm³/mol. The van der Waals surface area contributed by atoms with E-state index in [1.54, 1.807) is 16.6 Å². The van der Waals surface area contributed by atoms with E-state index < -0.39 is 16.0 Å². The van der Waals surface area contributed by atoms with Gasteiger partial charge in [0.2, 0.25) is 10.0 Å². The van der Waals surface area contributed by atoms with Crippen LogP contribution < -0.4 is 5.32 Å². The van der Waals surface area contributed by atoms with Crippen molar-refractivity contribution in [1.82, 2.24) is 9.62 Å². The van der Waals surface area contributed by atoms with Gasteiger partial charge in [-0.05, 0) is 43.7 Å². The number of ether oxygens (including phenoxy) is 1. The van der Waals surface area contributed by atoms with Crippen molar-refractivity contribution in [2.24, 2.45) is 0 Å². The fourth-order valence-electron chi connectivity index (χ4n) is 2.97. The van der Waals surface area contributed by atoms with Gasteiger partial charge >= 0.3 is 5.97 Å². The maximum Gasteiger partial charge on any atom is 0.349 e. The normalized spacial score (nSPS) is 21.3. The van der Waals surface area contributed by atoms with Crippen molar-refractivity contribution in [3.05, 3.63) is 15.8 Å². The summed E-state index contributed by atoms with van der Waals surface area (Å²) < 4.78 is 32.8. The van der Waals surface area contributed by atoms with E-state index in [0.29, 0.717) is 12.1 Å². The maximum absolute atomic E-state index is 13.2. The number of methoxy groups -OCH3 is 1. The highest BCUT2D eigenvalue weighted by Gasteiger charge is 2.45. The lowest BCUT2D eigenvalue weighted by Crippen LogP contribution is -2.43. The second kappa shape index (κ2) is 7.06. The summed E-state index contributed by atoms with van der Waals surface area (Å²) in [5.41, 5.74) is 0.613. The quantitative estimate of drug-likeness (QED) is 0.788. The first-order chi connectivity index (χ1) is 10.5. The van der Waals surface area contributed by atoms with Crippen LogP contribution in [0.1, 0.15) is 34.5 Å². The van der Waals surface area contributed by atoms with Crippen LogP contribution >= 0.6 is 23.7 Å². The predicted octanol–water partition coefficient (Wildman–Crippen LogP) is 1.78. The number of thiophene rings is 1. The van der Waals surface area contributed by atoms with Crippen LogP contribution in [-0.2, 0) is 14.8 Å². The number of halogens is 1. The Bertz CT molecular complexity index is 679. The van der Waals surface area contributed by atoms with Gasteiger partial charge in [-0.2, -0.15) is 4.31 Å². The molecule has 1 aromatic rings. The number of carbonyl (C=O) groups excluding carboxylic acids is 1. The van der Waals surface area contributed by atoms with E-state index in [1.165, 1.54) is 7.11 Å². The smallest absolute Gasteiger partial charge is 0.349 e. The molecule has 1 atom stereocenters. The molecule has 9 heteroatoms. The molecule has 0 spiro atoms. The highest BCUT2D eigenvalue weighted by atomic mass is 35.5. The van der Waals surface area contributed by atoms with Crippen LogP contribution in [0.25, 0.3) is 0 Å². The van der Waals surface area contributed by atoms with E-state index >= 15 is 0 Å². The van der Waals surface area contributed by atoms with Crippen molar-refractivity contribution in [2.45, 2.75) is 43.2 Å². The molecular weight excluding hydrogens is 360 g/mol. The Hall–Kier alpha value is -0.670. The molecule has 0 bridgehead atoms. The zero-order chi connectivity index (χ0) is 15.9. The Balaban J connectivity index is 0.00000192. The van der Waals surface area contributed by atoms with Crippen LogP contribution in [0.5, 0.6) is 0 Å². The van der Waals surface area contributed by atoms with Crippen molar-refractivity contribution < 1.29 is 17.9 Å². The Labute approximate surface area is 146 Å². The largest absolute Gasteiger partial charge is 0.465 e. The molecule has 1 saturated carbocycles. The molecule has 1 saturated heterocycles. The summed E-state index contributed by atoms with van der Waals surface area (Å²) >= 11 is 1.13. The van der Waals surface area contributed by atoms with Crippen LogP contribution in [0.2, 0.25) is 0 Å². The summed E-state index contributed by atoms with van der Waals surface area (Å²) in [7, 11) is -2.42. The Morgan fingerprint density at radius 3 is 2.57 bits per heavy atom. The summed E-state index contributed by atoms with van der Waals surface area (Å²) in [6.45, 7) is 3.23. The van der Waals surface area contributed by atoms with Crippen molar-refractivity contribution in [1.29, 1.82) is 0 Å². The standard InChI is InChI=1S/C14H20N2O4S2.ClH/c1-9-8-21-12(14(17)20-2)13(9)22(18,19)16(10-3-4-10)11-5-6-15-7-11;/h8,10-11,15H,3-7H2,1-2H3;1H. The highest BCUT2D eigenvalue weighted by molar-refractivity contribution is 7.89. The minimum Gasteiger partial charge on any atom is -0.465 e. The topological polar surface area (TPSA) is 75.7 Å². The van der Waals surface area contributed by atoms with Gasteiger partial charge in [-0.15, -0.1) is 23.7 Å². The lowest BCUT2D eigenvalue weighted by atomic mass is 10.2. The van der Waals surface area contributed by atoms with E-state index in [4.69, 9.17) is 4.74 Å². The molecule has 6 nitrogen and oxygen atoms in total. The number of sulfonamides is 1. The van der Waals surface area contributed by atoms with Crippen LogP contribution in [-0.4, -0.2) is 51.0 Å². The van der Waals surface area contributed by atoms with Gasteiger partial charge in [0.25, 0.3) is 0 Å². The third-order valence-corrected chi connectivity index (χ3v) is 7.53. The molecule has 2 heterocycles. The average molecular weight is 381 g/mol. The number of nitrogens with one attached hydrogen (secondary N) is 1. The Kier molecular flexibility index (Phi) is 5.73. The zero-order valence-electron chi connectivity index (χ0n) is 13.1. The molecule has 3 rings (SSSR count). The molecule has 0 radical (unpaired) electrons. The minimum absolute atomic E-state index is 0. The van der Waals surface area contributed by atoms with E-state index in [0.717, 1.165) is 37.1 Å². The highest BCUT2D eigenvalue weighted by Crippen LogP contribution is 2.38. The third-order valence-electron chi connectivity index (χ3n) is 4.13. The number of carbonyl (C=O) groups is 1. The van der Waals surface area contributed by atoms with Gasteiger partial charge < -0.3 is 10.1 Å². The fraction of sp³-hybridized carbons (Fsp3) is 0.643. The van der Waals surface area contributed by atoms with E-state index in [1.807, 2.05) is 0 Å². The number of hydrogen-bond donors (Lipinski definition) is 1. The molecule has 1 aliphatic heterocycles. The van der Waals surface area contributed by atoms with Gasteiger partial charge in [0.05, 0.1) is 7.11 Å². The molecule has 1 N–H and O–H groups in total. The summed E-state index contributed by atoms with van der Waals surface area (Å²) in [5, 5.41) is 4.93. The first-order valence-corrected chi connectivity index (χ1v) is 9.69. The second-order valence-corrected chi connectivity index (χ2v) is 8.44. The molecule has 0 aromatic carbocycles. The second-order valence-electron chi connectivity index (χ2n) is 5.78. The maximum atomic E-state index is 13.2. The Morgan fingerprint density at radius 2 is 2.04 bits per heavy atom. The van der Waals surface area contributed by atoms with E-state index in [-0.39, 0.29) is 34.3 Å². The van der Waals surface area contributed by atoms with Crippen LogP contribution in [0.15, 0.2) is 10.3 Å². The van der Waals surface area contributed by atoms with Gasteiger partial charge in [0.1, 0.15) is 9.77 Å². The van der Waals surface area contributed by atoms with Gasteiger partial charge in [-0.25, -0.2) is 13.2 Å². The van der Waals surface area contributed by atoms with Crippen molar-refractivity contribution in [2.75, 3.05) is 20.2 Å². The summed E-state index contributed by atoms with van der Waals surface area (Å²) in [5.74, 6) is -0.586. The lowest BCUT2D eigenvalue weighted by molar-refractivity contribution is 0.0602. The summed E-state index contributed by atoms with van der Waals surface area (Å²) in [6.07, 6.45) is 2.60. The average Bonchev–Trinajstić information content (AvgIpc) is 2.99. The monoisotopic (exact) mass is 380 g/mol. The number of nitrogens with zero attached hydrogens (tertiary/aromatic N) is 1. The van der Waals surface area contributed by atoms with E-state index in [2.05, 4.69) is 5.32 Å². The lowest BCUT2D eigenvalue weighted by Gasteiger charge is -2.28.